The highest BCUT2D eigenvalue weighted by atomic mass is 15.2. The van der Waals surface area contributed by atoms with Gasteiger partial charge in [0.1, 0.15) is 0 Å². The van der Waals surface area contributed by atoms with Gasteiger partial charge in [0.25, 0.3) is 0 Å². The molecule has 0 aromatic carbocycles. The van der Waals surface area contributed by atoms with Crippen molar-refractivity contribution in [2.75, 3.05) is 13.1 Å². The Bertz CT molecular complexity index is 260. The fourth-order valence-corrected chi connectivity index (χ4v) is 3.20. The lowest BCUT2D eigenvalue weighted by Gasteiger charge is -2.41. The maximum Gasteiger partial charge on any atom is 0.0312 e. The molecule has 0 bridgehead atoms. The van der Waals surface area contributed by atoms with Gasteiger partial charge in [0.15, 0.2) is 0 Å². The minimum atomic E-state index is 0.186. The van der Waals surface area contributed by atoms with Gasteiger partial charge in [-0.15, -0.1) is 26.3 Å². The number of hydrogen-bond donors (Lipinski definition) is 0. The molecule has 94 valence electrons. The summed E-state index contributed by atoms with van der Waals surface area (Å²) in [5, 5.41) is 0. The summed E-state index contributed by atoms with van der Waals surface area (Å²) in [6, 6.07) is 0. The molecule has 0 saturated carbocycles. The van der Waals surface area contributed by atoms with Crippen LogP contribution in [0.25, 0.3) is 0 Å². The van der Waals surface area contributed by atoms with E-state index in [1.807, 2.05) is 24.3 Å². The summed E-state index contributed by atoms with van der Waals surface area (Å²) >= 11 is 0. The Morgan fingerprint density at radius 1 is 1.00 bits per heavy atom. The van der Waals surface area contributed by atoms with E-state index in [1.54, 1.807) is 0 Å². The zero-order valence-electron chi connectivity index (χ0n) is 10.9. The van der Waals surface area contributed by atoms with Gasteiger partial charge in [-0.1, -0.05) is 24.3 Å². The molecule has 0 aromatic rings. The average molecular weight is 231 g/mol. The third-order valence-electron chi connectivity index (χ3n) is 3.93. The van der Waals surface area contributed by atoms with Gasteiger partial charge in [-0.3, -0.25) is 4.90 Å². The Labute approximate surface area is 106 Å². The quantitative estimate of drug-likeness (QED) is 0.571. The molecule has 0 N–H and O–H groups in total. The van der Waals surface area contributed by atoms with Crippen molar-refractivity contribution >= 4 is 0 Å². The first kappa shape index (κ1) is 14.0. The number of rotatable bonds is 8. The molecule has 1 aliphatic rings. The topological polar surface area (TPSA) is 3.24 Å². The second kappa shape index (κ2) is 6.61. The van der Waals surface area contributed by atoms with Gasteiger partial charge in [-0.05, 0) is 38.1 Å². The van der Waals surface area contributed by atoms with Crippen LogP contribution in [0.4, 0.5) is 0 Å². The second-order valence-electron chi connectivity index (χ2n) is 4.83. The Morgan fingerprint density at radius 2 is 1.65 bits per heavy atom. The summed E-state index contributed by atoms with van der Waals surface area (Å²) in [5.41, 5.74) is 0.186. The zero-order valence-corrected chi connectivity index (χ0v) is 10.9. The summed E-state index contributed by atoms with van der Waals surface area (Å²) in [5.74, 6) is 0.663. The minimum absolute atomic E-state index is 0.186. The van der Waals surface area contributed by atoms with Crippen LogP contribution in [-0.4, -0.2) is 23.5 Å². The van der Waals surface area contributed by atoms with Gasteiger partial charge >= 0.3 is 0 Å². The van der Waals surface area contributed by atoms with Crippen molar-refractivity contribution in [2.45, 2.75) is 31.2 Å². The fourth-order valence-electron chi connectivity index (χ4n) is 3.20. The number of hydrogen-bond acceptors (Lipinski definition) is 1. The van der Waals surface area contributed by atoms with Gasteiger partial charge in [0, 0.05) is 12.1 Å². The molecule has 0 spiro atoms. The van der Waals surface area contributed by atoms with E-state index in [0.717, 1.165) is 32.4 Å². The first-order chi connectivity index (χ1) is 8.25. The highest BCUT2D eigenvalue weighted by Gasteiger charge is 2.45. The molecule has 1 aliphatic heterocycles. The second-order valence-corrected chi connectivity index (χ2v) is 4.83. The van der Waals surface area contributed by atoms with Crippen molar-refractivity contribution in [3.63, 3.8) is 0 Å². The molecule has 0 amide bonds. The highest BCUT2D eigenvalue weighted by molar-refractivity contribution is 5.09. The van der Waals surface area contributed by atoms with Gasteiger partial charge < -0.3 is 0 Å². The third-order valence-corrected chi connectivity index (χ3v) is 3.93. The lowest BCUT2D eigenvalue weighted by molar-refractivity contribution is 0.118. The molecule has 1 nitrogen and oxygen atoms in total. The molecule has 1 saturated heterocycles. The molecule has 1 unspecified atom stereocenters. The molecule has 1 rings (SSSR count). The molecule has 1 fully saturated rings. The van der Waals surface area contributed by atoms with E-state index in [1.165, 1.54) is 6.42 Å². The Kier molecular flexibility index (Phi) is 5.43. The summed E-state index contributed by atoms with van der Waals surface area (Å²) in [6.07, 6.45) is 12.5. The number of nitrogens with zero attached hydrogens (tertiary/aromatic N) is 1. The smallest absolute Gasteiger partial charge is 0.0312 e. The molecule has 0 radical (unpaired) electrons. The molecule has 0 aliphatic carbocycles. The Morgan fingerprint density at radius 3 is 2.12 bits per heavy atom. The van der Waals surface area contributed by atoms with Crippen molar-refractivity contribution in [3.8, 4) is 0 Å². The highest BCUT2D eigenvalue weighted by Crippen LogP contribution is 2.42. The van der Waals surface area contributed by atoms with Crippen LogP contribution >= 0.6 is 0 Å². The van der Waals surface area contributed by atoms with Gasteiger partial charge in [0.2, 0.25) is 0 Å². The van der Waals surface area contributed by atoms with Crippen LogP contribution < -0.4 is 0 Å². The van der Waals surface area contributed by atoms with E-state index in [0.29, 0.717) is 5.92 Å². The number of allylic oxidation sites excluding steroid dienone is 1. The van der Waals surface area contributed by atoms with Crippen LogP contribution in [-0.2, 0) is 0 Å². The van der Waals surface area contributed by atoms with E-state index in [9.17, 15) is 0 Å². The monoisotopic (exact) mass is 231 g/mol. The molecule has 1 heteroatoms. The maximum atomic E-state index is 3.93. The molecular formula is C16H25N. The van der Waals surface area contributed by atoms with Crippen LogP contribution in [0.2, 0.25) is 0 Å². The minimum Gasteiger partial charge on any atom is -0.293 e. The molecule has 1 heterocycles. The summed E-state index contributed by atoms with van der Waals surface area (Å²) in [4.78, 5) is 2.54. The van der Waals surface area contributed by atoms with Gasteiger partial charge in [-0.25, -0.2) is 0 Å². The summed E-state index contributed by atoms with van der Waals surface area (Å²) < 4.78 is 0. The van der Waals surface area contributed by atoms with Crippen molar-refractivity contribution in [1.29, 1.82) is 0 Å². The number of likely N-dealkylation sites (tertiary alicyclic amines) is 1. The Hall–Kier alpha value is -1.08. The molecule has 1 atom stereocenters. The normalized spacial score (nSPS) is 23.2. The van der Waals surface area contributed by atoms with Crippen LogP contribution in [0.1, 0.15) is 25.7 Å². The van der Waals surface area contributed by atoms with Crippen molar-refractivity contribution in [3.05, 3.63) is 50.6 Å². The van der Waals surface area contributed by atoms with Crippen LogP contribution in [0.3, 0.4) is 0 Å². The third kappa shape index (κ3) is 2.78. The molecule has 17 heavy (non-hydrogen) atoms. The molecule has 0 aromatic heterocycles. The van der Waals surface area contributed by atoms with E-state index in [2.05, 4.69) is 31.2 Å². The summed E-state index contributed by atoms with van der Waals surface area (Å²) in [7, 11) is 0. The van der Waals surface area contributed by atoms with E-state index in [4.69, 9.17) is 0 Å². The standard InChI is InChI=1S/C16H25N/c1-5-9-15-10-14-17(13-8-4)16(15,11-6-2)12-7-3/h5-8,15H,1-4,9-14H2. The van der Waals surface area contributed by atoms with E-state index in [-0.39, 0.29) is 5.54 Å². The Balaban J connectivity index is 2.99. The maximum absolute atomic E-state index is 3.93. The molecular weight excluding hydrogens is 206 g/mol. The van der Waals surface area contributed by atoms with Crippen molar-refractivity contribution in [1.82, 2.24) is 4.90 Å². The van der Waals surface area contributed by atoms with Crippen molar-refractivity contribution < 1.29 is 0 Å². The zero-order chi connectivity index (χ0) is 12.7. The van der Waals surface area contributed by atoms with E-state index >= 15 is 0 Å². The predicted octanol–water partition coefficient (Wildman–Crippen LogP) is 3.96. The summed E-state index contributed by atoms with van der Waals surface area (Å²) in [6.45, 7) is 17.7. The van der Waals surface area contributed by atoms with E-state index < -0.39 is 0 Å². The van der Waals surface area contributed by atoms with Crippen molar-refractivity contribution in [2.24, 2.45) is 5.92 Å². The van der Waals surface area contributed by atoms with Crippen LogP contribution in [0.5, 0.6) is 0 Å². The lowest BCUT2D eigenvalue weighted by atomic mass is 9.77. The SMILES string of the molecule is C=CCC1CCN(CC=C)C1(CC=C)CC=C. The lowest BCUT2D eigenvalue weighted by Crippen LogP contribution is -2.47. The van der Waals surface area contributed by atoms with Gasteiger partial charge in [0.05, 0.1) is 0 Å². The van der Waals surface area contributed by atoms with Gasteiger partial charge in [-0.2, -0.15) is 0 Å². The fraction of sp³-hybridized carbons (Fsp3) is 0.500. The average Bonchev–Trinajstić information content (AvgIpc) is 2.61. The van der Waals surface area contributed by atoms with Crippen LogP contribution in [0, 0.1) is 5.92 Å². The first-order valence-corrected chi connectivity index (χ1v) is 6.43. The first-order valence-electron chi connectivity index (χ1n) is 6.43. The largest absolute Gasteiger partial charge is 0.293 e. The van der Waals surface area contributed by atoms with Crippen LogP contribution in [0.15, 0.2) is 50.6 Å². The predicted molar refractivity (Wildman–Crippen MR) is 77.1 cm³/mol.